The van der Waals surface area contributed by atoms with E-state index in [0.717, 1.165) is 26.0 Å². The van der Waals surface area contributed by atoms with Crippen LogP contribution in [0.2, 0.25) is 0 Å². The molecular formula is C36H24Br2O. The van der Waals surface area contributed by atoms with E-state index in [1.807, 2.05) is 0 Å². The molecule has 1 spiro atoms. The Morgan fingerprint density at radius 3 is 1.87 bits per heavy atom. The second kappa shape index (κ2) is 8.06. The molecule has 0 N–H and O–H groups in total. The van der Waals surface area contributed by atoms with E-state index in [0.29, 0.717) is 0 Å². The highest BCUT2D eigenvalue weighted by molar-refractivity contribution is 9.10. The van der Waals surface area contributed by atoms with Gasteiger partial charge in [-0.05, 0) is 69.3 Å². The molecule has 188 valence electrons. The van der Waals surface area contributed by atoms with Crippen LogP contribution in [0.25, 0.3) is 23.3 Å². The third-order valence-corrected chi connectivity index (χ3v) is 9.85. The molecule has 3 heteroatoms. The summed E-state index contributed by atoms with van der Waals surface area (Å²) < 4.78 is 9.13. The van der Waals surface area contributed by atoms with Gasteiger partial charge in [0.05, 0.1) is 5.41 Å². The molecule has 0 saturated heterocycles. The summed E-state index contributed by atoms with van der Waals surface area (Å²) in [4.78, 5) is 0. The zero-order chi connectivity index (χ0) is 26.5. The van der Waals surface area contributed by atoms with Crippen LogP contribution < -0.4 is 4.74 Å². The molecule has 0 unspecified atom stereocenters. The molecule has 0 aromatic heterocycles. The zero-order valence-electron chi connectivity index (χ0n) is 21.6. The van der Waals surface area contributed by atoms with Crippen molar-refractivity contribution in [2.75, 3.05) is 0 Å². The highest BCUT2D eigenvalue weighted by atomic mass is 79.9. The Labute approximate surface area is 245 Å². The number of para-hydroxylation sites is 1. The first-order valence-electron chi connectivity index (χ1n) is 13.2. The van der Waals surface area contributed by atoms with Crippen LogP contribution in [0.1, 0.15) is 58.4 Å². The van der Waals surface area contributed by atoms with E-state index >= 15 is 0 Å². The van der Waals surface area contributed by atoms with Gasteiger partial charge in [-0.25, -0.2) is 0 Å². The van der Waals surface area contributed by atoms with Crippen molar-refractivity contribution in [3.05, 3.63) is 151 Å². The Morgan fingerprint density at radius 2 is 1.18 bits per heavy atom. The molecular weight excluding hydrogens is 608 g/mol. The lowest BCUT2D eigenvalue weighted by molar-refractivity contribution is 0.421. The second-order valence-corrected chi connectivity index (χ2v) is 13.0. The topological polar surface area (TPSA) is 9.23 Å². The predicted molar refractivity (Wildman–Crippen MR) is 167 cm³/mol. The van der Waals surface area contributed by atoms with Crippen molar-refractivity contribution in [3.63, 3.8) is 0 Å². The van der Waals surface area contributed by atoms with E-state index < -0.39 is 5.41 Å². The molecule has 2 aliphatic carbocycles. The lowest BCUT2D eigenvalue weighted by Crippen LogP contribution is -2.36. The molecule has 1 heterocycles. The Kier molecular flexibility index (Phi) is 4.86. The maximum Gasteiger partial charge on any atom is 0.136 e. The highest BCUT2D eigenvalue weighted by Crippen LogP contribution is 2.63. The van der Waals surface area contributed by atoms with Crippen molar-refractivity contribution in [1.29, 1.82) is 0 Å². The van der Waals surface area contributed by atoms with Gasteiger partial charge in [0.2, 0.25) is 0 Å². The van der Waals surface area contributed by atoms with Gasteiger partial charge in [-0.3, -0.25) is 0 Å². The van der Waals surface area contributed by atoms with Crippen molar-refractivity contribution in [2.24, 2.45) is 0 Å². The summed E-state index contributed by atoms with van der Waals surface area (Å²) in [5.41, 5.74) is 11.6. The van der Waals surface area contributed by atoms with Crippen molar-refractivity contribution in [2.45, 2.75) is 24.7 Å². The summed E-state index contributed by atoms with van der Waals surface area (Å²) >= 11 is 7.65. The molecule has 1 aliphatic heterocycles. The first-order chi connectivity index (χ1) is 18.9. The number of fused-ring (bicyclic) bond motifs is 12. The van der Waals surface area contributed by atoms with Crippen LogP contribution in [-0.2, 0) is 10.8 Å². The third kappa shape index (κ3) is 3.01. The molecule has 0 amide bonds. The van der Waals surface area contributed by atoms with Gasteiger partial charge < -0.3 is 4.74 Å². The predicted octanol–water partition coefficient (Wildman–Crippen LogP) is 10.5. The lowest BCUT2D eigenvalue weighted by atomic mass is 9.61. The molecule has 0 fully saturated rings. The number of ether oxygens (including phenoxy) is 1. The Hall–Kier alpha value is -3.40. The maximum atomic E-state index is 7.00. The number of rotatable bonds is 0. The fraction of sp³-hybridized carbons (Fsp3) is 0.111. The quantitative estimate of drug-likeness (QED) is 0.162. The van der Waals surface area contributed by atoms with E-state index in [2.05, 4.69) is 155 Å². The average molecular weight is 632 g/mol. The molecule has 8 rings (SSSR count). The largest absolute Gasteiger partial charge is 0.456 e. The molecule has 0 bridgehead atoms. The average Bonchev–Trinajstić information content (AvgIpc) is 3.09. The molecule has 1 nitrogen and oxygen atoms in total. The van der Waals surface area contributed by atoms with E-state index in [1.54, 1.807) is 0 Å². The van der Waals surface area contributed by atoms with Crippen LogP contribution in [0.4, 0.5) is 0 Å². The minimum Gasteiger partial charge on any atom is -0.456 e. The number of benzene rings is 5. The minimum absolute atomic E-state index is 0.200. The van der Waals surface area contributed by atoms with Crippen LogP contribution in [0, 0.1) is 0 Å². The van der Waals surface area contributed by atoms with Gasteiger partial charge in [-0.1, -0.05) is 125 Å². The van der Waals surface area contributed by atoms with Crippen LogP contribution in [0.3, 0.4) is 0 Å². The molecule has 5 aromatic carbocycles. The number of hydrogen-bond acceptors (Lipinski definition) is 1. The first-order valence-corrected chi connectivity index (χ1v) is 14.8. The molecule has 39 heavy (non-hydrogen) atoms. The maximum absolute atomic E-state index is 7.00. The second-order valence-electron chi connectivity index (χ2n) is 11.2. The monoisotopic (exact) mass is 630 g/mol. The molecule has 0 atom stereocenters. The standard InChI is InChI=1S/C36H24Br2O/c1-35(2)27-8-4-3-7-25(27)26-17-18-29-34(33(26)35)39-32-10-6-5-9-28(32)36(29)30-19-23(37)15-13-21(30)11-12-22-14-16-24(38)20-31(22)36/h3-20H,1-2H3. The fourth-order valence-electron chi connectivity index (χ4n) is 7.25. The van der Waals surface area contributed by atoms with Crippen molar-refractivity contribution in [3.8, 4) is 22.6 Å². The van der Waals surface area contributed by atoms with Gasteiger partial charge in [0.25, 0.3) is 0 Å². The highest BCUT2D eigenvalue weighted by Gasteiger charge is 2.51. The molecule has 0 saturated carbocycles. The van der Waals surface area contributed by atoms with Gasteiger partial charge in [0, 0.05) is 31.1 Å². The Balaban J connectivity index is 1.59. The Bertz CT molecular complexity index is 1840. The van der Waals surface area contributed by atoms with Gasteiger partial charge >= 0.3 is 0 Å². The summed E-state index contributed by atoms with van der Waals surface area (Å²) in [6.45, 7) is 4.66. The van der Waals surface area contributed by atoms with Gasteiger partial charge in [0.1, 0.15) is 11.5 Å². The van der Waals surface area contributed by atoms with Crippen molar-refractivity contribution < 1.29 is 4.74 Å². The van der Waals surface area contributed by atoms with Gasteiger partial charge in [-0.15, -0.1) is 0 Å². The normalized spacial score (nSPS) is 16.2. The van der Waals surface area contributed by atoms with Crippen LogP contribution in [-0.4, -0.2) is 0 Å². The molecule has 0 radical (unpaired) electrons. The van der Waals surface area contributed by atoms with E-state index in [9.17, 15) is 0 Å². The zero-order valence-corrected chi connectivity index (χ0v) is 24.7. The minimum atomic E-state index is -0.578. The van der Waals surface area contributed by atoms with E-state index in [-0.39, 0.29) is 5.41 Å². The first kappa shape index (κ1) is 23.5. The van der Waals surface area contributed by atoms with Gasteiger partial charge in [-0.2, -0.15) is 0 Å². The van der Waals surface area contributed by atoms with E-state index in [1.165, 1.54) is 50.1 Å². The van der Waals surface area contributed by atoms with Gasteiger partial charge in [0.15, 0.2) is 0 Å². The Morgan fingerprint density at radius 1 is 0.564 bits per heavy atom. The summed E-state index contributed by atoms with van der Waals surface area (Å²) in [6.07, 6.45) is 4.52. The summed E-state index contributed by atoms with van der Waals surface area (Å²) in [7, 11) is 0. The smallest absolute Gasteiger partial charge is 0.136 e. The van der Waals surface area contributed by atoms with Crippen LogP contribution >= 0.6 is 31.9 Å². The van der Waals surface area contributed by atoms with E-state index in [4.69, 9.17) is 4.74 Å². The molecule has 5 aromatic rings. The van der Waals surface area contributed by atoms with Crippen molar-refractivity contribution >= 4 is 44.0 Å². The molecule has 3 aliphatic rings. The number of halogens is 2. The summed E-state index contributed by atoms with van der Waals surface area (Å²) in [6, 6.07) is 35.4. The van der Waals surface area contributed by atoms with Crippen LogP contribution in [0.5, 0.6) is 11.5 Å². The third-order valence-electron chi connectivity index (χ3n) is 8.86. The summed E-state index contributed by atoms with van der Waals surface area (Å²) in [5, 5.41) is 0. The number of hydrogen-bond donors (Lipinski definition) is 0. The van der Waals surface area contributed by atoms with Crippen LogP contribution in [0.15, 0.2) is 106 Å². The fourth-order valence-corrected chi connectivity index (χ4v) is 7.97. The lowest BCUT2D eigenvalue weighted by Gasteiger charge is -2.44. The van der Waals surface area contributed by atoms with Crippen molar-refractivity contribution in [1.82, 2.24) is 0 Å². The SMILES string of the molecule is CC1(C)c2ccccc2-c2ccc3c(c21)Oc1ccccc1C31c2cc(Br)ccc2C=Cc2ccc(Br)cc21. The summed E-state index contributed by atoms with van der Waals surface area (Å²) in [5.74, 6) is 1.88.